The van der Waals surface area contributed by atoms with E-state index in [1.54, 1.807) is 30.2 Å². The molecule has 19 heavy (non-hydrogen) atoms. The Kier molecular flexibility index (Phi) is 3.15. The molecule has 3 rings (SSSR count). The molecular formula is C13H8N2O2S2. The van der Waals surface area contributed by atoms with Crippen molar-refractivity contribution in [2.75, 3.05) is 6.26 Å². The summed E-state index contributed by atoms with van der Waals surface area (Å²) in [7, 11) is 0. The summed E-state index contributed by atoms with van der Waals surface area (Å²) in [6, 6.07) is 7.69. The lowest BCUT2D eigenvalue weighted by molar-refractivity contribution is 0.422. The van der Waals surface area contributed by atoms with Gasteiger partial charge in [-0.2, -0.15) is 5.26 Å². The number of nitrogens with zero attached hydrogens (tertiary/aromatic N) is 2. The fourth-order valence-corrected chi connectivity index (χ4v) is 3.71. The van der Waals surface area contributed by atoms with Gasteiger partial charge in [-0.25, -0.2) is 0 Å². The average Bonchev–Trinajstić information content (AvgIpc) is 3.16. The summed E-state index contributed by atoms with van der Waals surface area (Å²) in [5.41, 5.74) is 2.13. The highest BCUT2D eigenvalue weighted by molar-refractivity contribution is 8.00. The Morgan fingerprint density at radius 3 is 2.84 bits per heavy atom. The average molecular weight is 288 g/mol. The van der Waals surface area contributed by atoms with Gasteiger partial charge in [-0.3, -0.25) is 0 Å². The quantitative estimate of drug-likeness (QED) is 0.674. The molecule has 0 amide bonds. The van der Waals surface area contributed by atoms with E-state index in [2.05, 4.69) is 11.2 Å². The maximum Gasteiger partial charge on any atom is 0.136 e. The molecule has 0 saturated heterocycles. The van der Waals surface area contributed by atoms with Crippen molar-refractivity contribution in [2.45, 2.75) is 4.21 Å². The largest absolute Gasteiger partial charge is 0.464 e. The molecule has 0 spiro atoms. The van der Waals surface area contributed by atoms with E-state index in [9.17, 15) is 5.26 Å². The van der Waals surface area contributed by atoms with Crippen LogP contribution in [0.25, 0.3) is 21.9 Å². The molecule has 94 valence electrons. The van der Waals surface area contributed by atoms with Crippen LogP contribution >= 0.6 is 23.1 Å². The fraction of sp³-hybridized carbons (Fsp3) is 0.0769. The summed E-state index contributed by atoms with van der Waals surface area (Å²) in [4.78, 5) is 0.893. The molecule has 0 aliphatic heterocycles. The number of hydrogen-bond donors (Lipinski definition) is 0. The van der Waals surface area contributed by atoms with Crippen LogP contribution in [0.4, 0.5) is 0 Å². The first kappa shape index (κ1) is 12.1. The van der Waals surface area contributed by atoms with Crippen molar-refractivity contribution < 1.29 is 8.94 Å². The summed E-state index contributed by atoms with van der Waals surface area (Å²) in [6.45, 7) is 0. The van der Waals surface area contributed by atoms with Gasteiger partial charge in [0.1, 0.15) is 23.8 Å². The molecule has 0 unspecified atom stereocenters. The number of hydrogen-bond acceptors (Lipinski definition) is 6. The van der Waals surface area contributed by atoms with E-state index in [1.165, 1.54) is 17.6 Å². The molecule has 6 heteroatoms. The van der Waals surface area contributed by atoms with Gasteiger partial charge in [0.25, 0.3) is 0 Å². The van der Waals surface area contributed by atoms with Crippen LogP contribution in [-0.2, 0) is 0 Å². The van der Waals surface area contributed by atoms with Crippen LogP contribution in [-0.4, -0.2) is 11.4 Å². The molecule has 3 heterocycles. The third kappa shape index (κ3) is 1.97. The van der Waals surface area contributed by atoms with Gasteiger partial charge in [-0.1, -0.05) is 5.16 Å². The molecule has 0 saturated carbocycles. The van der Waals surface area contributed by atoms with Crippen molar-refractivity contribution in [3.63, 3.8) is 0 Å². The van der Waals surface area contributed by atoms with Crippen molar-refractivity contribution in [2.24, 2.45) is 0 Å². The van der Waals surface area contributed by atoms with Crippen molar-refractivity contribution in [3.05, 3.63) is 36.3 Å². The minimum absolute atomic E-state index is 0.630. The predicted octanol–water partition coefficient (Wildman–Crippen LogP) is 4.26. The maximum atomic E-state index is 9.40. The van der Waals surface area contributed by atoms with Crippen LogP contribution in [0.15, 0.2) is 43.9 Å². The van der Waals surface area contributed by atoms with E-state index in [0.717, 1.165) is 14.6 Å². The highest BCUT2D eigenvalue weighted by Gasteiger charge is 2.23. The van der Waals surface area contributed by atoms with Gasteiger partial charge in [0, 0.05) is 6.07 Å². The zero-order chi connectivity index (χ0) is 13.2. The van der Waals surface area contributed by atoms with E-state index in [4.69, 9.17) is 8.94 Å². The first-order chi connectivity index (χ1) is 9.35. The summed E-state index contributed by atoms with van der Waals surface area (Å²) in [5.74, 6) is 0.672. The summed E-state index contributed by atoms with van der Waals surface area (Å²) < 4.78 is 11.3. The Bertz CT molecular complexity index is 722. The monoisotopic (exact) mass is 288 g/mol. The van der Waals surface area contributed by atoms with Gasteiger partial charge in [0.05, 0.1) is 26.5 Å². The Hall–Kier alpha value is -1.97. The zero-order valence-electron chi connectivity index (χ0n) is 9.91. The number of rotatable bonds is 3. The second kappa shape index (κ2) is 4.96. The van der Waals surface area contributed by atoms with Gasteiger partial charge in [0.2, 0.25) is 0 Å². The molecule has 0 aromatic carbocycles. The first-order valence-corrected chi connectivity index (χ1v) is 7.44. The third-order valence-electron chi connectivity index (χ3n) is 2.61. The van der Waals surface area contributed by atoms with E-state index in [1.807, 2.05) is 12.3 Å². The first-order valence-electron chi connectivity index (χ1n) is 5.40. The van der Waals surface area contributed by atoms with Crippen LogP contribution in [0.3, 0.4) is 0 Å². The Balaban J connectivity index is 2.30. The van der Waals surface area contributed by atoms with Crippen LogP contribution in [0.5, 0.6) is 0 Å². The Morgan fingerprint density at radius 1 is 1.37 bits per heavy atom. The maximum absolute atomic E-state index is 9.40. The summed E-state index contributed by atoms with van der Waals surface area (Å²) in [5, 5.41) is 13.4. The molecule has 0 aliphatic rings. The number of thioether (sulfide) groups is 1. The minimum atomic E-state index is 0.630. The second-order valence-electron chi connectivity index (χ2n) is 3.65. The van der Waals surface area contributed by atoms with Gasteiger partial charge < -0.3 is 8.94 Å². The van der Waals surface area contributed by atoms with Crippen LogP contribution in [0, 0.1) is 11.3 Å². The number of aromatic nitrogens is 1. The lowest BCUT2D eigenvalue weighted by Gasteiger charge is -1.97. The van der Waals surface area contributed by atoms with Crippen molar-refractivity contribution in [1.82, 2.24) is 5.16 Å². The van der Waals surface area contributed by atoms with Crippen molar-refractivity contribution in [1.29, 1.82) is 5.26 Å². The van der Waals surface area contributed by atoms with E-state index in [-0.39, 0.29) is 0 Å². The molecule has 0 atom stereocenters. The third-order valence-corrected chi connectivity index (χ3v) is 4.94. The molecule has 3 aromatic rings. The number of thiophene rings is 1. The zero-order valence-corrected chi connectivity index (χ0v) is 11.5. The normalized spacial score (nSPS) is 10.5. The fourth-order valence-electron chi connectivity index (χ4n) is 1.82. The van der Waals surface area contributed by atoms with Gasteiger partial charge in [-0.05, 0) is 18.4 Å². The van der Waals surface area contributed by atoms with E-state index < -0.39 is 0 Å². The van der Waals surface area contributed by atoms with Crippen LogP contribution < -0.4 is 0 Å². The van der Waals surface area contributed by atoms with Crippen molar-refractivity contribution in [3.8, 4) is 28.0 Å². The topological polar surface area (TPSA) is 63.0 Å². The minimum Gasteiger partial charge on any atom is -0.464 e. The predicted molar refractivity (Wildman–Crippen MR) is 74.0 cm³/mol. The number of nitriles is 1. The lowest BCUT2D eigenvalue weighted by atomic mass is 10.1. The molecule has 0 aliphatic carbocycles. The molecule has 0 N–H and O–H groups in total. The highest BCUT2D eigenvalue weighted by Crippen LogP contribution is 2.45. The van der Waals surface area contributed by atoms with Gasteiger partial charge in [0.15, 0.2) is 0 Å². The summed E-state index contributed by atoms with van der Waals surface area (Å²) in [6.07, 6.45) is 5.07. The Morgan fingerprint density at radius 2 is 2.26 bits per heavy atom. The molecule has 0 bridgehead atoms. The molecule has 4 nitrogen and oxygen atoms in total. The van der Waals surface area contributed by atoms with Crippen LogP contribution in [0.1, 0.15) is 5.56 Å². The molecule has 0 radical (unpaired) electrons. The number of furan rings is 1. The van der Waals surface area contributed by atoms with Crippen molar-refractivity contribution >= 4 is 23.1 Å². The lowest BCUT2D eigenvalue weighted by Crippen LogP contribution is -1.81. The summed E-state index contributed by atoms with van der Waals surface area (Å²) >= 11 is 3.07. The van der Waals surface area contributed by atoms with E-state index >= 15 is 0 Å². The molecule has 3 aromatic heterocycles. The second-order valence-corrected chi connectivity index (χ2v) is 5.74. The van der Waals surface area contributed by atoms with Gasteiger partial charge in [-0.15, -0.1) is 23.1 Å². The van der Waals surface area contributed by atoms with Crippen LogP contribution in [0.2, 0.25) is 0 Å². The molecule has 0 fully saturated rings. The van der Waals surface area contributed by atoms with Gasteiger partial charge >= 0.3 is 0 Å². The smallest absolute Gasteiger partial charge is 0.136 e. The SMILES string of the molecule is CSc1sc(-c2ccon2)c(-c2ccco2)c1C#N. The molecular weight excluding hydrogens is 280 g/mol. The highest BCUT2D eigenvalue weighted by atomic mass is 32.2. The Labute approximate surface area is 117 Å². The van der Waals surface area contributed by atoms with E-state index in [0.29, 0.717) is 17.0 Å². The standard InChI is InChI=1S/C13H8N2O2S2/c1-18-13-8(7-14)11(10-3-2-5-16-10)12(19-13)9-4-6-17-15-9/h2-6H,1H3.